The van der Waals surface area contributed by atoms with E-state index < -0.39 is 0 Å². The van der Waals surface area contributed by atoms with Crippen LogP contribution in [0.3, 0.4) is 0 Å². The molecule has 0 amide bonds. The zero-order valence-electron chi connectivity index (χ0n) is 11.0. The molecular formula is C14H20BrNO2. The van der Waals surface area contributed by atoms with Crippen molar-refractivity contribution in [2.45, 2.75) is 31.6 Å². The van der Waals surface area contributed by atoms with Gasteiger partial charge in [-0.1, -0.05) is 6.42 Å². The lowest BCUT2D eigenvalue weighted by Crippen LogP contribution is -2.41. The maximum atomic E-state index is 5.98. The summed E-state index contributed by atoms with van der Waals surface area (Å²) in [6.07, 6.45) is 3.52. The Kier molecular flexibility index (Phi) is 4.17. The number of benzene rings is 1. The lowest BCUT2D eigenvalue weighted by molar-refractivity contribution is 0.237. The Morgan fingerprint density at radius 2 is 2.06 bits per heavy atom. The van der Waals surface area contributed by atoms with Gasteiger partial charge in [0.2, 0.25) is 0 Å². The first kappa shape index (κ1) is 13.7. The summed E-state index contributed by atoms with van der Waals surface area (Å²) in [5.74, 6) is 1.70. The monoisotopic (exact) mass is 313 g/mol. The Hall–Kier alpha value is -0.740. The van der Waals surface area contributed by atoms with Crippen LogP contribution < -0.4 is 15.2 Å². The van der Waals surface area contributed by atoms with E-state index in [9.17, 15) is 0 Å². The highest BCUT2D eigenvalue weighted by Gasteiger charge is 2.40. The third kappa shape index (κ3) is 2.24. The van der Waals surface area contributed by atoms with E-state index in [1.54, 1.807) is 7.11 Å². The molecule has 2 N–H and O–H groups in total. The molecule has 1 saturated carbocycles. The van der Waals surface area contributed by atoms with Crippen molar-refractivity contribution in [2.24, 2.45) is 5.73 Å². The molecule has 3 nitrogen and oxygen atoms in total. The van der Waals surface area contributed by atoms with E-state index in [1.807, 2.05) is 13.0 Å². The molecule has 0 radical (unpaired) electrons. The highest BCUT2D eigenvalue weighted by Crippen LogP contribution is 2.48. The zero-order valence-corrected chi connectivity index (χ0v) is 12.5. The molecule has 2 rings (SSSR count). The molecule has 0 bridgehead atoms. The molecule has 1 aliphatic carbocycles. The Labute approximate surface area is 117 Å². The fourth-order valence-corrected chi connectivity index (χ4v) is 3.07. The summed E-state index contributed by atoms with van der Waals surface area (Å²) in [6, 6.07) is 4.06. The van der Waals surface area contributed by atoms with Crippen LogP contribution in [0.4, 0.5) is 0 Å². The van der Waals surface area contributed by atoms with Gasteiger partial charge in [0.25, 0.3) is 0 Å². The predicted molar refractivity (Wildman–Crippen MR) is 76.4 cm³/mol. The average Bonchev–Trinajstić information content (AvgIpc) is 2.31. The van der Waals surface area contributed by atoms with E-state index in [-0.39, 0.29) is 5.41 Å². The van der Waals surface area contributed by atoms with E-state index >= 15 is 0 Å². The molecule has 1 aromatic rings. The van der Waals surface area contributed by atoms with Crippen LogP contribution in [-0.2, 0) is 5.41 Å². The lowest BCUT2D eigenvalue weighted by atomic mass is 9.64. The molecule has 100 valence electrons. The van der Waals surface area contributed by atoms with Gasteiger partial charge in [0.1, 0.15) is 11.5 Å². The van der Waals surface area contributed by atoms with Crippen LogP contribution in [0.5, 0.6) is 11.5 Å². The average molecular weight is 314 g/mol. The normalized spacial score (nSPS) is 17.1. The molecule has 0 saturated heterocycles. The third-order valence-corrected chi connectivity index (χ3v) is 4.45. The van der Waals surface area contributed by atoms with E-state index in [2.05, 4.69) is 22.0 Å². The smallest absolute Gasteiger partial charge is 0.136 e. The fourth-order valence-electron chi connectivity index (χ4n) is 2.57. The van der Waals surface area contributed by atoms with Gasteiger partial charge >= 0.3 is 0 Å². The zero-order chi connectivity index (χ0) is 13.2. The Morgan fingerprint density at radius 1 is 1.33 bits per heavy atom. The number of ether oxygens (including phenoxy) is 2. The number of nitrogens with two attached hydrogens (primary N) is 1. The Bertz CT molecular complexity index is 425. The number of hydrogen-bond acceptors (Lipinski definition) is 3. The number of methoxy groups -OCH3 is 1. The first-order valence-electron chi connectivity index (χ1n) is 6.37. The second kappa shape index (κ2) is 5.49. The fraction of sp³-hybridized carbons (Fsp3) is 0.571. The van der Waals surface area contributed by atoms with Gasteiger partial charge in [-0.25, -0.2) is 0 Å². The first-order valence-corrected chi connectivity index (χ1v) is 7.17. The van der Waals surface area contributed by atoms with Crippen LogP contribution in [0.2, 0.25) is 0 Å². The molecule has 4 heteroatoms. The molecule has 1 aliphatic rings. The lowest BCUT2D eigenvalue weighted by Gasteiger charge is -2.42. The largest absolute Gasteiger partial charge is 0.495 e. The van der Waals surface area contributed by atoms with Crippen LogP contribution >= 0.6 is 15.9 Å². The molecule has 0 spiro atoms. The molecule has 0 aromatic heterocycles. The highest BCUT2D eigenvalue weighted by molar-refractivity contribution is 9.10. The summed E-state index contributed by atoms with van der Waals surface area (Å²) >= 11 is 3.55. The van der Waals surface area contributed by atoms with Gasteiger partial charge in [0.15, 0.2) is 0 Å². The number of halogens is 1. The maximum absolute atomic E-state index is 5.98. The second-order valence-electron chi connectivity index (χ2n) is 4.75. The Balaban J connectivity index is 2.47. The van der Waals surface area contributed by atoms with E-state index in [0.717, 1.165) is 28.8 Å². The maximum Gasteiger partial charge on any atom is 0.136 e. The molecule has 1 fully saturated rings. The summed E-state index contributed by atoms with van der Waals surface area (Å²) in [6.45, 7) is 3.32. The molecule has 0 heterocycles. The molecular weight excluding hydrogens is 294 g/mol. The summed E-state index contributed by atoms with van der Waals surface area (Å²) < 4.78 is 12.0. The number of rotatable bonds is 5. The van der Waals surface area contributed by atoms with Crippen LogP contribution in [0.15, 0.2) is 16.6 Å². The summed E-state index contributed by atoms with van der Waals surface area (Å²) in [5, 5.41) is 0. The standard InChI is InChI=1S/C14H20BrNO2/c1-3-18-12-8-13(17-2)11(15)7-10(12)14(9-16)5-4-6-14/h7-8H,3-6,9,16H2,1-2H3. The van der Waals surface area contributed by atoms with Gasteiger partial charge in [0, 0.05) is 23.6 Å². The van der Waals surface area contributed by atoms with Crippen molar-refractivity contribution in [2.75, 3.05) is 20.3 Å². The summed E-state index contributed by atoms with van der Waals surface area (Å²) in [5.41, 5.74) is 7.29. The molecule has 1 aromatic carbocycles. The quantitative estimate of drug-likeness (QED) is 0.907. The van der Waals surface area contributed by atoms with E-state index in [4.69, 9.17) is 15.2 Å². The van der Waals surface area contributed by atoms with Gasteiger partial charge in [-0.15, -0.1) is 0 Å². The highest BCUT2D eigenvalue weighted by atomic mass is 79.9. The van der Waals surface area contributed by atoms with Gasteiger partial charge < -0.3 is 15.2 Å². The minimum Gasteiger partial charge on any atom is -0.495 e. The molecule has 0 atom stereocenters. The third-order valence-electron chi connectivity index (χ3n) is 3.83. The van der Waals surface area contributed by atoms with Crippen molar-refractivity contribution < 1.29 is 9.47 Å². The van der Waals surface area contributed by atoms with Crippen molar-refractivity contribution in [1.29, 1.82) is 0 Å². The topological polar surface area (TPSA) is 44.5 Å². The van der Waals surface area contributed by atoms with Gasteiger partial charge in [0.05, 0.1) is 18.2 Å². The van der Waals surface area contributed by atoms with Crippen LogP contribution in [0.25, 0.3) is 0 Å². The minimum atomic E-state index is 0.0965. The van der Waals surface area contributed by atoms with Crippen molar-refractivity contribution in [3.63, 3.8) is 0 Å². The van der Waals surface area contributed by atoms with Crippen molar-refractivity contribution >= 4 is 15.9 Å². The predicted octanol–water partition coefficient (Wildman–Crippen LogP) is 3.24. The van der Waals surface area contributed by atoms with Crippen LogP contribution in [0, 0.1) is 0 Å². The van der Waals surface area contributed by atoms with Gasteiger partial charge in [-0.2, -0.15) is 0 Å². The van der Waals surface area contributed by atoms with Gasteiger partial charge in [-0.05, 0) is 41.8 Å². The van der Waals surface area contributed by atoms with E-state index in [0.29, 0.717) is 13.2 Å². The van der Waals surface area contributed by atoms with Gasteiger partial charge in [-0.3, -0.25) is 0 Å². The Morgan fingerprint density at radius 3 is 2.50 bits per heavy atom. The van der Waals surface area contributed by atoms with Crippen molar-refractivity contribution in [3.8, 4) is 11.5 Å². The van der Waals surface area contributed by atoms with Crippen molar-refractivity contribution in [3.05, 3.63) is 22.2 Å². The molecule has 0 aliphatic heterocycles. The second-order valence-corrected chi connectivity index (χ2v) is 5.61. The van der Waals surface area contributed by atoms with Crippen LogP contribution in [-0.4, -0.2) is 20.3 Å². The van der Waals surface area contributed by atoms with E-state index in [1.165, 1.54) is 12.0 Å². The molecule has 18 heavy (non-hydrogen) atoms. The number of hydrogen-bond donors (Lipinski definition) is 1. The minimum absolute atomic E-state index is 0.0965. The summed E-state index contributed by atoms with van der Waals surface area (Å²) in [7, 11) is 1.66. The summed E-state index contributed by atoms with van der Waals surface area (Å²) in [4.78, 5) is 0. The SMILES string of the molecule is CCOc1cc(OC)c(Br)cc1C1(CN)CCC1. The van der Waals surface area contributed by atoms with Crippen LogP contribution in [0.1, 0.15) is 31.7 Å². The van der Waals surface area contributed by atoms with Crippen molar-refractivity contribution in [1.82, 2.24) is 0 Å². The molecule has 0 unspecified atom stereocenters. The first-order chi connectivity index (χ1) is 8.66.